The van der Waals surface area contributed by atoms with Gasteiger partial charge >= 0.3 is 0 Å². The highest BCUT2D eigenvalue weighted by molar-refractivity contribution is 8.07. The van der Waals surface area contributed by atoms with Crippen molar-refractivity contribution in [1.29, 1.82) is 0 Å². The van der Waals surface area contributed by atoms with Gasteiger partial charge in [0.2, 0.25) is 0 Å². The fourth-order valence-corrected chi connectivity index (χ4v) is 14.9. The first kappa shape index (κ1) is 27.3. The second-order valence-electron chi connectivity index (χ2n) is 10.8. The molecule has 0 aliphatic heterocycles. The third-order valence-electron chi connectivity index (χ3n) is 5.65. The normalized spacial score (nSPS) is 14.9. The summed E-state index contributed by atoms with van der Waals surface area (Å²) in [5.74, 6) is 0. The summed E-state index contributed by atoms with van der Waals surface area (Å²) in [5, 5.41) is 0.963. The number of rotatable bonds is 7. The molecule has 0 N–H and O–H groups in total. The Kier molecular flexibility index (Phi) is 7.81. The summed E-state index contributed by atoms with van der Waals surface area (Å²) in [6.45, 7) is 14.7. The number of benzene rings is 3. The molecule has 4 nitrogen and oxygen atoms in total. The second kappa shape index (κ2) is 10.0. The van der Waals surface area contributed by atoms with Crippen molar-refractivity contribution in [2.45, 2.75) is 56.0 Å². The van der Waals surface area contributed by atoms with Crippen LogP contribution in [0.5, 0.6) is 0 Å². The molecule has 3 aromatic rings. The number of nitrogens with zero attached hydrogens (tertiary/aromatic N) is 1. The molecule has 1 atom stereocenters. The van der Waals surface area contributed by atoms with Gasteiger partial charge in [0.1, 0.15) is 9.73 Å². The first-order valence-electron chi connectivity index (χ1n) is 11.6. The Balaban J connectivity index is 2.49. The highest BCUT2D eigenvalue weighted by Crippen LogP contribution is 2.34. The fraction of sp³-hybridized carbons (Fsp3) is 0.259. The zero-order valence-corrected chi connectivity index (χ0v) is 25.2. The van der Waals surface area contributed by atoms with E-state index in [-0.39, 0.29) is 4.90 Å². The van der Waals surface area contributed by atoms with E-state index < -0.39 is 35.9 Å². The van der Waals surface area contributed by atoms with E-state index in [0.29, 0.717) is 9.42 Å². The Hall–Kier alpha value is -2.27. The van der Waals surface area contributed by atoms with Crippen LogP contribution in [0.15, 0.2) is 97.0 Å². The first-order valence-corrected chi connectivity index (χ1v) is 21.6. The average Bonchev–Trinajstić information content (AvgIpc) is 2.77. The molecule has 0 fully saturated rings. The van der Waals surface area contributed by atoms with E-state index in [1.165, 1.54) is 12.1 Å². The molecule has 35 heavy (non-hydrogen) atoms. The van der Waals surface area contributed by atoms with E-state index in [4.69, 9.17) is 0 Å². The van der Waals surface area contributed by atoms with Gasteiger partial charge in [-0.2, -0.15) is 8.42 Å². The molecular weight excluding hydrogens is 507 g/mol. The van der Waals surface area contributed by atoms with Crippen molar-refractivity contribution in [1.82, 2.24) is 0 Å². The Bertz CT molecular complexity index is 1460. The van der Waals surface area contributed by atoms with E-state index in [1.54, 1.807) is 12.1 Å². The van der Waals surface area contributed by atoms with Gasteiger partial charge in [0.05, 0.1) is 25.9 Å². The molecule has 0 saturated carbocycles. The van der Waals surface area contributed by atoms with Gasteiger partial charge in [0, 0.05) is 4.53 Å². The van der Waals surface area contributed by atoms with E-state index >= 15 is 4.21 Å². The van der Waals surface area contributed by atoms with Crippen LogP contribution in [0.4, 0.5) is 0 Å². The number of aryl methyl sites for hydroxylation is 1. The Morgan fingerprint density at radius 1 is 0.743 bits per heavy atom. The van der Waals surface area contributed by atoms with Gasteiger partial charge in [-0.1, -0.05) is 109 Å². The maximum atomic E-state index is 15.3. The van der Waals surface area contributed by atoms with Crippen molar-refractivity contribution >= 4 is 47.2 Å². The first-order chi connectivity index (χ1) is 16.1. The highest BCUT2D eigenvalue weighted by Gasteiger charge is 2.36. The predicted molar refractivity (Wildman–Crippen MR) is 154 cm³/mol. The van der Waals surface area contributed by atoms with Gasteiger partial charge in [-0.25, -0.2) is 4.21 Å². The third kappa shape index (κ3) is 6.30. The zero-order valence-electron chi connectivity index (χ0n) is 21.6. The molecule has 0 aromatic heterocycles. The minimum atomic E-state index is -4.20. The molecule has 0 spiro atoms. The monoisotopic (exact) mass is 541 g/mol. The minimum Gasteiger partial charge on any atom is -0.239 e. The van der Waals surface area contributed by atoms with Crippen LogP contribution < -0.4 is 5.19 Å². The van der Waals surface area contributed by atoms with Crippen LogP contribution in [-0.4, -0.2) is 28.8 Å². The van der Waals surface area contributed by atoms with E-state index in [2.05, 4.69) is 43.1 Å². The smallest absolute Gasteiger partial charge is 0.239 e. The van der Waals surface area contributed by atoms with Crippen LogP contribution in [0.1, 0.15) is 11.1 Å². The van der Waals surface area contributed by atoms with Crippen molar-refractivity contribution < 1.29 is 12.6 Å². The molecule has 3 rings (SSSR count). The lowest BCUT2D eigenvalue weighted by atomic mass is 10.2. The fourth-order valence-electron chi connectivity index (χ4n) is 3.83. The van der Waals surface area contributed by atoms with Gasteiger partial charge < -0.3 is 0 Å². The lowest BCUT2D eigenvalue weighted by molar-refractivity contribution is 0.598. The molecule has 8 heteroatoms. The number of hydrogen-bond acceptors (Lipinski definition) is 3. The van der Waals surface area contributed by atoms with E-state index in [9.17, 15) is 8.42 Å². The largest absolute Gasteiger partial charge is 0.290 e. The number of sulfonamides is 1. The third-order valence-corrected chi connectivity index (χ3v) is 16.3. The minimum absolute atomic E-state index is 0.0518. The average molecular weight is 542 g/mol. The van der Waals surface area contributed by atoms with Crippen LogP contribution in [-0.2, 0) is 19.8 Å². The summed E-state index contributed by atoms with van der Waals surface area (Å²) in [6, 6.07) is 23.8. The maximum absolute atomic E-state index is 15.3. The molecule has 3 aromatic carbocycles. The summed E-state index contributed by atoms with van der Waals surface area (Å²) < 4.78 is 47.5. The van der Waals surface area contributed by atoms with Crippen LogP contribution >= 0.6 is 0 Å². The number of hydrogen-bond donors (Lipinski definition) is 0. The Morgan fingerprint density at radius 3 is 1.83 bits per heavy atom. The van der Waals surface area contributed by atoms with Crippen molar-refractivity contribution in [2.24, 2.45) is 3.77 Å². The SMILES string of the molecule is Cc1ccc(S(=O)(=O)N=S(=O)(/C(=C/c2ccccc2)[Si](C)(C)C)c2ccccc2[Si](C)(C)C)cc1. The van der Waals surface area contributed by atoms with Crippen molar-refractivity contribution in [3.8, 4) is 0 Å². The van der Waals surface area contributed by atoms with Gasteiger partial charge in [0.25, 0.3) is 10.0 Å². The van der Waals surface area contributed by atoms with Gasteiger partial charge in [-0.05, 0) is 41.9 Å². The summed E-state index contributed by atoms with van der Waals surface area (Å²) in [6.07, 6.45) is 1.91. The van der Waals surface area contributed by atoms with Crippen molar-refractivity contribution in [2.75, 3.05) is 0 Å². The molecule has 1 unspecified atom stereocenters. The summed E-state index contributed by atoms with van der Waals surface area (Å²) >= 11 is 0. The molecule has 0 saturated heterocycles. The van der Waals surface area contributed by atoms with E-state index in [1.807, 2.05) is 67.6 Å². The molecular formula is C27H35NO3S2Si2. The predicted octanol–water partition coefficient (Wildman–Crippen LogP) is 6.67. The second-order valence-corrected chi connectivity index (χ2v) is 25.2. The summed E-state index contributed by atoms with van der Waals surface area (Å²) in [5.41, 5.74) is 1.83. The van der Waals surface area contributed by atoms with Gasteiger partial charge in [-0.15, -0.1) is 0 Å². The standard InChI is InChI=1S/C27H35NO3S2Si2/c1-22-17-19-24(20-18-22)33(30,31)28-32(29,25-15-11-12-16-26(25)34(2,3)4)27(35(5,6)7)21-23-13-9-8-10-14-23/h8-21H,1-7H3/b27-21-. The van der Waals surface area contributed by atoms with Crippen LogP contribution in [0, 0.1) is 6.92 Å². The molecule has 186 valence electrons. The Morgan fingerprint density at radius 2 is 1.29 bits per heavy atom. The molecule has 0 radical (unpaired) electrons. The lowest BCUT2D eigenvalue weighted by Gasteiger charge is -2.28. The molecule has 0 bridgehead atoms. The van der Waals surface area contributed by atoms with Crippen LogP contribution in [0.25, 0.3) is 6.08 Å². The van der Waals surface area contributed by atoms with E-state index in [0.717, 1.165) is 16.3 Å². The van der Waals surface area contributed by atoms with Gasteiger partial charge in [0.15, 0.2) is 0 Å². The van der Waals surface area contributed by atoms with Crippen molar-refractivity contribution in [3.63, 3.8) is 0 Å². The summed E-state index contributed by atoms with van der Waals surface area (Å²) in [7, 11) is -12.0. The highest BCUT2D eigenvalue weighted by atomic mass is 32.3. The van der Waals surface area contributed by atoms with Crippen molar-refractivity contribution in [3.05, 3.63) is 94.5 Å². The zero-order chi connectivity index (χ0) is 26.1. The Labute approximate surface area is 213 Å². The topological polar surface area (TPSA) is 63.6 Å². The van der Waals surface area contributed by atoms with Crippen LogP contribution in [0.3, 0.4) is 0 Å². The molecule has 0 aliphatic carbocycles. The lowest BCUT2D eigenvalue weighted by Crippen LogP contribution is -2.42. The summed E-state index contributed by atoms with van der Waals surface area (Å²) in [4.78, 5) is 0.579. The molecule has 0 heterocycles. The quantitative estimate of drug-likeness (QED) is 0.314. The molecule has 0 amide bonds. The van der Waals surface area contributed by atoms with Crippen LogP contribution in [0.2, 0.25) is 39.3 Å². The van der Waals surface area contributed by atoms with Gasteiger partial charge in [-0.3, -0.25) is 0 Å². The molecule has 0 aliphatic rings. The maximum Gasteiger partial charge on any atom is 0.290 e.